The molecule has 1 aliphatic heterocycles. The quantitative estimate of drug-likeness (QED) is 0.799. The lowest BCUT2D eigenvalue weighted by atomic mass is 10.1. The number of benzene rings is 1. The van der Waals surface area contributed by atoms with E-state index in [1.54, 1.807) is 18.2 Å². The molecule has 6 heteroatoms. The maximum absolute atomic E-state index is 10.8. The average molecular weight is 239 g/mol. The van der Waals surface area contributed by atoms with Gasteiger partial charge in [-0.3, -0.25) is 4.79 Å². The maximum atomic E-state index is 10.8. The second-order valence-electron chi connectivity index (χ2n) is 4.03. The summed E-state index contributed by atoms with van der Waals surface area (Å²) in [5.41, 5.74) is 4.12. The molecular weight excluding hydrogens is 226 g/mol. The van der Waals surface area contributed by atoms with Gasteiger partial charge in [-0.25, -0.2) is 0 Å². The van der Waals surface area contributed by atoms with Gasteiger partial charge in [0.15, 0.2) is 11.5 Å². The van der Waals surface area contributed by atoms with Crippen LogP contribution in [0.3, 0.4) is 0 Å². The van der Waals surface area contributed by atoms with Crippen LogP contribution in [0.5, 0.6) is 17.2 Å². The highest BCUT2D eigenvalue weighted by Gasteiger charge is 2.29. The van der Waals surface area contributed by atoms with Crippen LogP contribution in [0.1, 0.15) is 6.92 Å². The lowest BCUT2D eigenvalue weighted by Crippen LogP contribution is -2.49. The number of hydrogen-bond acceptors (Lipinski definition) is 5. The Kier molecular flexibility index (Phi) is 2.81. The first-order valence-corrected chi connectivity index (χ1v) is 5.04. The normalized spacial score (nSPS) is 16.4. The van der Waals surface area contributed by atoms with Crippen molar-refractivity contribution in [2.75, 3.05) is 13.4 Å². The Balaban J connectivity index is 2.03. The van der Waals surface area contributed by atoms with Crippen LogP contribution in [0.4, 0.5) is 0 Å². The predicted octanol–water partition coefficient (Wildman–Crippen LogP) is 0.596. The number of carboxylic acid groups (broad SMARTS) is 1. The number of carbonyl (C=O) groups is 1. The third kappa shape index (κ3) is 2.42. The second-order valence-corrected chi connectivity index (χ2v) is 4.03. The van der Waals surface area contributed by atoms with E-state index in [1.807, 2.05) is 0 Å². The molecule has 0 bridgehead atoms. The van der Waals surface area contributed by atoms with Crippen molar-refractivity contribution >= 4 is 5.97 Å². The Labute approximate surface area is 97.9 Å². The highest BCUT2D eigenvalue weighted by molar-refractivity contribution is 5.78. The fourth-order valence-corrected chi connectivity index (χ4v) is 1.26. The molecule has 6 nitrogen and oxygen atoms in total. The maximum Gasteiger partial charge on any atom is 0.326 e. The Morgan fingerprint density at radius 2 is 2.24 bits per heavy atom. The molecule has 0 radical (unpaired) electrons. The lowest BCUT2D eigenvalue weighted by Gasteiger charge is -2.19. The standard InChI is InChI=1S/C11H13NO5/c1-11(12,10(13)14)5-15-7-2-3-8-9(4-7)17-6-16-8/h2-4H,5-6,12H2,1H3,(H,13,14). The van der Waals surface area contributed by atoms with Crippen LogP contribution < -0.4 is 19.9 Å². The molecular formula is C11H13NO5. The van der Waals surface area contributed by atoms with E-state index >= 15 is 0 Å². The molecule has 0 aliphatic carbocycles. The molecule has 1 aromatic carbocycles. The van der Waals surface area contributed by atoms with Crippen molar-refractivity contribution in [2.24, 2.45) is 5.73 Å². The summed E-state index contributed by atoms with van der Waals surface area (Å²) in [6.07, 6.45) is 0. The molecule has 0 fully saturated rings. The summed E-state index contributed by atoms with van der Waals surface area (Å²) in [4.78, 5) is 10.8. The van der Waals surface area contributed by atoms with Crippen LogP contribution >= 0.6 is 0 Å². The van der Waals surface area contributed by atoms with Gasteiger partial charge in [-0.05, 0) is 19.1 Å². The number of rotatable bonds is 4. The van der Waals surface area contributed by atoms with E-state index < -0.39 is 11.5 Å². The first kappa shape index (κ1) is 11.5. The minimum atomic E-state index is -1.42. The number of aliphatic carboxylic acids is 1. The number of ether oxygens (including phenoxy) is 3. The molecule has 2 rings (SSSR count). The zero-order valence-electron chi connectivity index (χ0n) is 9.30. The van der Waals surface area contributed by atoms with Crippen molar-refractivity contribution in [3.05, 3.63) is 18.2 Å². The van der Waals surface area contributed by atoms with E-state index in [0.717, 1.165) is 0 Å². The van der Waals surface area contributed by atoms with Crippen molar-refractivity contribution in [3.8, 4) is 17.2 Å². The molecule has 0 spiro atoms. The summed E-state index contributed by atoms with van der Waals surface area (Å²) >= 11 is 0. The Bertz CT molecular complexity index is 443. The molecule has 17 heavy (non-hydrogen) atoms. The Morgan fingerprint density at radius 1 is 1.53 bits per heavy atom. The highest BCUT2D eigenvalue weighted by atomic mass is 16.7. The number of fused-ring (bicyclic) bond motifs is 1. The monoisotopic (exact) mass is 239 g/mol. The van der Waals surface area contributed by atoms with Crippen LogP contribution in [0.2, 0.25) is 0 Å². The van der Waals surface area contributed by atoms with E-state index in [4.69, 9.17) is 25.1 Å². The van der Waals surface area contributed by atoms with E-state index in [1.165, 1.54) is 6.92 Å². The molecule has 0 saturated carbocycles. The van der Waals surface area contributed by atoms with Gasteiger partial charge in [0.1, 0.15) is 17.9 Å². The molecule has 1 aliphatic rings. The smallest absolute Gasteiger partial charge is 0.326 e. The predicted molar refractivity (Wildman–Crippen MR) is 58.3 cm³/mol. The van der Waals surface area contributed by atoms with Gasteiger partial charge in [-0.1, -0.05) is 0 Å². The van der Waals surface area contributed by atoms with E-state index in [2.05, 4.69) is 0 Å². The van der Waals surface area contributed by atoms with Crippen LogP contribution in [0.25, 0.3) is 0 Å². The minimum absolute atomic E-state index is 0.123. The number of nitrogens with two attached hydrogens (primary N) is 1. The summed E-state index contributed by atoms with van der Waals surface area (Å²) in [6.45, 7) is 1.45. The Hall–Kier alpha value is -1.95. The highest BCUT2D eigenvalue weighted by Crippen LogP contribution is 2.35. The molecule has 1 unspecified atom stereocenters. The van der Waals surface area contributed by atoms with E-state index in [0.29, 0.717) is 17.2 Å². The van der Waals surface area contributed by atoms with Crippen molar-refractivity contribution < 1.29 is 24.1 Å². The van der Waals surface area contributed by atoms with Gasteiger partial charge in [-0.2, -0.15) is 0 Å². The third-order valence-electron chi connectivity index (χ3n) is 2.37. The second kappa shape index (κ2) is 4.14. The number of hydrogen-bond donors (Lipinski definition) is 2. The van der Waals surface area contributed by atoms with E-state index in [-0.39, 0.29) is 13.4 Å². The van der Waals surface area contributed by atoms with Crippen molar-refractivity contribution in [1.29, 1.82) is 0 Å². The molecule has 0 amide bonds. The Morgan fingerprint density at radius 3 is 2.94 bits per heavy atom. The summed E-state index contributed by atoms with van der Waals surface area (Å²) in [6, 6.07) is 5.01. The first-order chi connectivity index (χ1) is 7.99. The summed E-state index contributed by atoms with van der Waals surface area (Å²) < 4.78 is 15.6. The van der Waals surface area contributed by atoms with Crippen LogP contribution in [0, 0.1) is 0 Å². The van der Waals surface area contributed by atoms with Crippen molar-refractivity contribution in [3.63, 3.8) is 0 Å². The fraction of sp³-hybridized carbons (Fsp3) is 0.364. The molecule has 0 saturated heterocycles. The first-order valence-electron chi connectivity index (χ1n) is 5.04. The molecule has 3 N–H and O–H groups in total. The largest absolute Gasteiger partial charge is 0.491 e. The van der Waals surface area contributed by atoms with E-state index in [9.17, 15) is 4.79 Å². The zero-order chi connectivity index (χ0) is 12.5. The van der Waals surface area contributed by atoms with Crippen molar-refractivity contribution in [2.45, 2.75) is 12.5 Å². The molecule has 1 heterocycles. The molecule has 92 valence electrons. The summed E-state index contributed by atoms with van der Waals surface area (Å²) in [5.74, 6) is 0.605. The van der Waals surface area contributed by atoms with Crippen LogP contribution in [-0.2, 0) is 4.79 Å². The lowest BCUT2D eigenvalue weighted by molar-refractivity contribution is -0.143. The molecule has 0 aromatic heterocycles. The van der Waals surface area contributed by atoms with Gasteiger partial charge in [0.05, 0.1) is 0 Å². The zero-order valence-corrected chi connectivity index (χ0v) is 9.30. The van der Waals surface area contributed by atoms with Gasteiger partial charge in [-0.15, -0.1) is 0 Å². The third-order valence-corrected chi connectivity index (χ3v) is 2.37. The van der Waals surface area contributed by atoms with Crippen LogP contribution in [-0.4, -0.2) is 30.0 Å². The number of carboxylic acids is 1. The SMILES string of the molecule is CC(N)(COc1ccc2c(c1)OCO2)C(=O)O. The van der Waals surface area contributed by atoms with Crippen molar-refractivity contribution in [1.82, 2.24) is 0 Å². The van der Waals surface area contributed by atoms with Gasteiger partial charge in [0, 0.05) is 6.07 Å². The average Bonchev–Trinajstić information content (AvgIpc) is 2.73. The molecule has 1 aromatic rings. The summed E-state index contributed by atoms with van der Waals surface area (Å²) in [7, 11) is 0. The fourth-order valence-electron chi connectivity index (χ4n) is 1.26. The van der Waals surface area contributed by atoms with Gasteiger partial charge in [0.25, 0.3) is 0 Å². The minimum Gasteiger partial charge on any atom is -0.491 e. The van der Waals surface area contributed by atoms with Crippen LogP contribution in [0.15, 0.2) is 18.2 Å². The topological polar surface area (TPSA) is 91.0 Å². The van der Waals surface area contributed by atoms with Gasteiger partial charge >= 0.3 is 5.97 Å². The molecule has 1 atom stereocenters. The summed E-state index contributed by atoms with van der Waals surface area (Å²) in [5, 5.41) is 8.82. The van der Waals surface area contributed by atoms with Gasteiger partial charge < -0.3 is 25.1 Å². The van der Waals surface area contributed by atoms with Gasteiger partial charge in [0.2, 0.25) is 6.79 Å².